The van der Waals surface area contributed by atoms with Crippen molar-refractivity contribution in [3.8, 4) is 11.8 Å². The molecule has 2 aromatic rings. The zero-order valence-corrected chi connectivity index (χ0v) is 16.9. The number of ether oxygens (including phenoxy) is 1. The van der Waals surface area contributed by atoms with Crippen LogP contribution in [0.25, 0.3) is 0 Å². The molecule has 1 aliphatic rings. The van der Waals surface area contributed by atoms with Crippen LogP contribution in [0.1, 0.15) is 29.5 Å². The van der Waals surface area contributed by atoms with Gasteiger partial charge in [-0.1, -0.05) is 42.2 Å². The van der Waals surface area contributed by atoms with Gasteiger partial charge in [0.2, 0.25) is 5.91 Å². The molecule has 0 radical (unpaired) electrons. The molecular formula is C24H25N3O3. The van der Waals surface area contributed by atoms with Gasteiger partial charge >= 0.3 is 5.97 Å². The molecular weight excluding hydrogens is 378 g/mol. The number of methoxy groups -OCH3 is 1. The van der Waals surface area contributed by atoms with Crippen LogP contribution in [0.15, 0.2) is 59.6 Å². The second-order valence-electron chi connectivity index (χ2n) is 7.01. The molecule has 2 N–H and O–H groups in total. The summed E-state index contributed by atoms with van der Waals surface area (Å²) >= 11 is 0. The Bertz CT molecular complexity index is 939. The lowest BCUT2D eigenvalue weighted by Gasteiger charge is -2.12. The summed E-state index contributed by atoms with van der Waals surface area (Å²) < 4.78 is 4.80. The molecule has 1 aliphatic carbocycles. The second kappa shape index (κ2) is 10.9. The Morgan fingerprint density at radius 3 is 2.40 bits per heavy atom. The van der Waals surface area contributed by atoms with Crippen molar-refractivity contribution in [3.05, 3.63) is 71.3 Å². The standard InChI is InChI=1S/C24H25N3O3/c1-30-24(29)22(16-27-23(28)17-25-21-13-14-21)26-15-20-11-9-19(10-12-20)8-7-18-5-3-2-4-6-18/h2-6,9-12,15,21-22,25H,13-14,16-17H2,1H3,(H,27,28)/t22-/m0/s1. The van der Waals surface area contributed by atoms with Crippen molar-refractivity contribution in [3.63, 3.8) is 0 Å². The molecule has 1 amide bonds. The smallest absolute Gasteiger partial charge is 0.332 e. The number of benzene rings is 2. The highest BCUT2D eigenvalue weighted by molar-refractivity contribution is 5.85. The van der Waals surface area contributed by atoms with Crippen LogP contribution in [0.3, 0.4) is 0 Å². The Morgan fingerprint density at radius 1 is 1.10 bits per heavy atom. The molecule has 6 heteroatoms. The van der Waals surface area contributed by atoms with Crippen LogP contribution in [0.5, 0.6) is 0 Å². The third-order valence-electron chi connectivity index (χ3n) is 4.53. The van der Waals surface area contributed by atoms with Gasteiger partial charge in [-0.2, -0.15) is 0 Å². The van der Waals surface area contributed by atoms with Crippen molar-refractivity contribution in [2.24, 2.45) is 4.99 Å². The minimum Gasteiger partial charge on any atom is -0.467 e. The number of aliphatic imine (C=N–C) groups is 1. The molecule has 1 atom stereocenters. The molecule has 0 heterocycles. The molecule has 0 spiro atoms. The molecule has 2 aromatic carbocycles. The number of amides is 1. The Balaban J connectivity index is 1.55. The first-order valence-electron chi connectivity index (χ1n) is 9.92. The number of hydrogen-bond donors (Lipinski definition) is 2. The van der Waals surface area contributed by atoms with Crippen LogP contribution >= 0.6 is 0 Å². The third-order valence-corrected chi connectivity index (χ3v) is 4.53. The van der Waals surface area contributed by atoms with Gasteiger partial charge in [-0.25, -0.2) is 4.79 Å². The third kappa shape index (κ3) is 7.19. The topological polar surface area (TPSA) is 79.8 Å². The summed E-state index contributed by atoms with van der Waals surface area (Å²) in [5, 5.41) is 5.85. The Morgan fingerprint density at radius 2 is 1.77 bits per heavy atom. The average Bonchev–Trinajstić information content (AvgIpc) is 3.62. The van der Waals surface area contributed by atoms with Gasteiger partial charge in [0.25, 0.3) is 0 Å². The number of hydrogen-bond acceptors (Lipinski definition) is 5. The van der Waals surface area contributed by atoms with Crippen molar-refractivity contribution in [1.82, 2.24) is 10.6 Å². The highest BCUT2D eigenvalue weighted by Gasteiger charge is 2.22. The largest absolute Gasteiger partial charge is 0.467 e. The van der Waals surface area contributed by atoms with E-state index in [1.54, 1.807) is 6.21 Å². The maximum atomic E-state index is 12.0. The Labute approximate surface area is 176 Å². The summed E-state index contributed by atoms with van der Waals surface area (Å²) in [6, 6.07) is 17.0. The molecule has 0 saturated heterocycles. The first-order chi connectivity index (χ1) is 14.6. The number of carbonyl (C=O) groups is 2. The quantitative estimate of drug-likeness (QED) is 0.401. The highest BCUT2D eigenvalue weighted by atomic mass is 16.5. The van der Waals surface area contributed by atoms with E-state index in [-0.39, 0.29) is 19.0 Å². The molecule has 6 nitrogen and oxygen atoms in total. The van der Waals surface area contributed by atoms with Gasteiger partial charge in [0, 0.05) is 23.4 Å². The summed E-state index contributed by atoms with van der Waals surface area (Å²) in [4.78, 5) is 28.1. The predicted octanol–water partition coefficient (Wildman–Crippen LogP) is 1.92. The Hall–Kier alpha value is -3.43. The number of nitrogens with zero attached hydrogens (tertiary/aromatic N) is 1. The van der Waals surface area contributed by atoms with E-state index in [4.69, 9.17) is 4.74 Å². The fourth-order valence-electron chi connectivity index (χ4n) is 2.62. The van der Waals surface area contributed by atoms with E-state index in [1.165, 1.54) is 7.11 Å². The molecule has 3 rings (SSSR count). The monoisotopic (exact) mass is 403 g/mol. The predicted molar refractivity (Wildman–Crippen MR) is 116 cm³/mol. The normalized spacial score (nSPS) is 13.9. The van der Waals surface area contributed by atoms with Gasteiger partial charge < -0.3 is 15.4 Å². The molecule has 0 aliphatic heterocycles. The van der Waals surface area contributed by atoms with E-state index >= 15 is 0 Å². The van der Waals surface area contributed by atoms with E-state index in [2.05, 4.69) is 27.5 Å². The van der Waals surface area contributed by atoms with E-state index in [9.17, 15) is 9.59 Å². The van der Waals surface area contributed by atoms with Crippen molar-refractivity contribution < 1.29 is 14.3 Å². The van der Waals surface area contributed by atoms with Gasteiger partial charge in [0.15, 0.2) is 6.04 Å². The minimum atomic E-state index is -0.794. The molecule has 154 valence electrons. The number of carbonyl (C=O) groups excluding carboxylic acids is 2. The number of nitrogens with one attached hydrogen (secondary N) is 2. The average molecular weight is 403 g/mol. The van der Waals surface area contributed by atoms with E-state index < -0.39 is 12.0 Å². The fourth-order valence-corrected chi connectivity index (χ4v) is 2.62. The molecule has 1 saturated carbocycles. The van der Waals surface area contributed by atoms with Gasteiger partial charge in [0.1, 0.15) is 0 Å². The van der Waals surface area contributed by atoms with Crippen LogP contribution in [-0.4, -0.2) is 50.4 Å². The van der Waals surface area contributed by atoms with E-state index in [0.717, 1.165) is 29.5 Å². The molecule has 0 aromatic heterocycles. The molecule has 30 heavy (non-hydrogen) atoms. The van der Waals surface area contributed by atoms with Gasteiger partial charge in [-0.15, -0.1) is 0 Å². The van der Waals surface area contributed by atoms with Crippen LogP contribution in [0.2, 0.25) is 0 Å². The first-order valence-corrected chi connectivity index (χ1v) is 9.92. The fraction of sp³-hybridized carbons (Fsp3) is 0.292. The maximum Gasteiger partial charge on any atom is 0.332 e. The van der Waals surface area contributed by atoms with Gasteiger partial charge in [0.05, 0.1) is 20.2 Å². The number of esters is 1. The van der Waals surface area contributed by atoms with Crippen LogP contribution in [0.4, 0.5) is 0 Å². The molecule has 1 fully saturated rings. The van der Waals surface area contributed by atoms with Crippen molar-refractivity contribution in [2.45, 2.75) is 24.9 Å². The summed E-state index contributed by atoms with van der Waals surface area (Å²) in [7, 11) is 1.31. The lowest BCUT2D eigenvalue weighted by Crippen LogP contribution is -2.41. The number of rotatable bonds is 8. The van der Waals surface area contributed by atoms with Crippen molar-refractivity contribution >= 4 is 18.1 Å². The van der Waals surface area contributed by atoms with Crippen LogP contribution in [0, 0.1) is 11.8 Å². The summed E-state index contributed by atoms with van der Waals surface area (Å²) in [6.07, 6.45) is 3.82. The summed E-state index contributed by atoms with van der Waals surface area (Å²) in [6.45, 7) is 0.336. The minimum absolute atomic E-state index is 0.0923. The second-order valence-corrected chi connectivity index (χ2v) is 7.01. The Kier molecular flexibility index (Phi) is 7.76. The maximum absolute atomic E-state index is 12.0. The highest BCUT2D eigenvalue weighted by Crippen LogP contribution is 2.17. The van der Waals surface area contributed by atoms with Crippen LogP contribution in [-0.2, 0) is 14.3 Å². The zero-order chi connectivity index (χ0) is 21.2. The van der Waals surface area contributed by atoms with Gasteiger partial charge in [-0.3, -0.25) is 9.79 Å². The summed E-state index contributed by atoms with van der Waals surface area (Å²) in [5.74, 6) is 5.57. The molecule has 0 bridgehead atoms. The lowest BCUT2D eigenvalue weighted by molar-refractivity contribution is -0.142. The zero-order valence-electron chi connectivity index (χ0n) is 16.9. The van der Waals surface area contributed by atoms with Gasteiger partial charge in [-0.05, 0) is 42.7 Å². The van der Waals surface area contributed by atoms with E-state index in [0.29, 0.717) is 6.04 Å². The van der Waals surface area contributed by atoms with Crippen molar-refractivity contribution in [1.29, 1.82) is 0 Å². The summed E-state index contributed by atoms with van der Waals surface area (Å²) in [5.41, 5.74) is 2.67. The lowest BCUT2D eigenvalue weighted by atomic mass is 10.1. The van der Waals surface area contributed by atoms with Crippen molar-refractivity contribution in [2.75, 3.05) is 20.2 Å². The first kappa shape index (κ1) is 21.3. The van der Waals surface area contributed by atoms with E-state index in [1.807, 2.05) is 54.6 Å². The van der Waals surface area contributed by atoms with Crippen LogP contribution < -0.4 is 10.6 Å². The molecule has 0 unspecified atom stereocenters. The SMILES string of the molecule is COC(=O)[C@H](CNC(=O)CNC1CC1)N=Cc1ccc(C#Cc2ccccc2)cc1.